The van der Waals surface area contributed by atoms with Gasteiger partial charge in [0.2, 0.25) is 10.0 Å². The Morgan fingerprint density at radius 1 is 1.12 bits per heavy atom. The van der Waals surface area contributed by atoms with Gasteiger partial charge in [-0.2, -0.15) is 0 Å². The first-order chi connectivity index (χ1) is 12.6. The fraction of sp³-hybridized carbons (Fsp3) is 0.684. The molecule has 2 aliphatic heterocycles. The van der Waals surface area contributed by atoms with Gasteiger partial charge in [-0.3, -0.25) is 0 Å². The number of benzene rings is 1. The maximum atomic E-state index is 12.5. The largest absolute Gasteiger partial charge is 0.494 e. The lowest BCUT2D eigenvalue weighted by Gasteiger charge is -2.39. The van der Waals surface area contributed by atoms with E-state index in [4.69, 9.17) is 9.47 Å². The Labute approximate surface area is 156 Å². The highest BCUT2D eigenvalue weighted by molar-refractivity contribution is 7.89. The zero-order valence-electron chi connectivity index (χ0n) is 15.5. The van der Waals surface area contributed by atoms with E-state index < -0.39 is 10.0 Å². The van der Waals surface area contributed by atoms with Gasteiger partial charge in [-0.25, -0.2) is 13.1 Å². The van der Waals surface area contributed by atoms with Crippen LogP contribution in [-0.4, -0.2) is 58.8 Å². The molecule has 0 bridgehead atoms. The molecule has 26 heavy (non-hydrogen) atoms. The Bertz CT molecular complexity index is 649. The van der Waals surface area contributed by atoms with Crippen LogP contribution < -0.4 is 9.46 Å². The maximum absolute atomic E-state index is 12.5. The molecule has 3 rings (SSSR count). The normalized spacial score (nSPS) is 21.0. The summed E-state index contributed by atoms with van der Waals surface area (Å²) in [5, 5.41) is 0. The van der Waals surface area contributed by atoms with E-state index in [0.29, 0.717) is 35.8 Å². The smallest absolute Gasteiger partial charge is 0.240 e. The summed E-state index contributed by atoms with van der Waals surface area (Å²) in [5.74, 6) is 1.09. The molecule has 2 heterocycles. The van der Waals surface area contributed by atoms with Crippen molar-refractivity contribution < 1.29 is 17.9 Å². The average Bonchev–Trinajstić information content (AvgIpc) is 2.68. The van der Waals surface area contributed by atoms with Crippen molar-refractivity contribution in [3.8, 4) is 5.75 Å². The van der Waals surface area contributed by atoms with Crippen molar-refractivity contribution in [2.75, 3.05) is 39.5 Å². The molecule has 146 valence electrons. The van der Waals surface area contributed by atoms with E-state index >= 15 is 0 Å². The molecule has 1 aromatic carbocycles. The second kappa shape index (κ2) is 9.17. The third kappa shape index (κ3) is 5.19. The highest BCUT2D eigenvalue weighted by Gasteiger charge is 2.27. The van der Waals surface area contributed by atoms with Crippen LogP contribution in [0.1, 0.15) is 32.6 Å². The van der Waals surface area contributed by atoms with Gasteiger partial charge in [0.1, 0.15) is 5.75 Å². The number of likely N-dealkylation sites (tertiary alicyclic amines) is 1. The quantitative estimate of drug-likeness (QED) is 0.783. The molecule has 0 unspecified atom stereocenters. The van der Waals surface area contributed by atoms with Crippen molar-refractivity contribution in [3.05, 3.63) is 24.3 Å². The zero-order valence-corrected chi connectivity index (χ0v) is 16.3. The van der Waals surface area contributed by atoms with Crippen LogP contribution in [0.3, 0.4) is 0 Å². The highest BCUT2D eigenvalue weighted by Crippen LogP contribution is 2.23. The van der Waals surface area contributed by atoms with Gasteiger partial charge in [0.15, 0.2) is 0 Å². The fourth-order valence-electron chi connectivity index (χ4n) is 3.77. The van der Waals surface area contributed by atoms with Crippen LogP contribution in [0.25, 0.3) is 0 Å². The lowest BCUT2D eigenvalue weighted by Crippen LogP contribution is -2.45. The molecule has 2 saturated heterocycles. The molecule has 0 aromatic heterocycles. The average molecular weight is 383 g/mol. The van der Waals surface area contributed by atoms with Crippen LogP contribution in [0.4, 0.5) is 0 Å². The van der Waals surface area contributed by atoms with Crippen LogP contribution >= 0.6 is 0 Å². The van der Waals surface area contributed by atoms with Crippen molar-refractivity contribution in [1.82, 2.24) is 9.62 Å². The number of rotatable bonds is 7. The first-order valence-corrected chi connectivity index (χ1v) is 11.1. The van der Waals surface area contributed by atoms with Gasteiger partial charge in [-0.1, -0.05) is 0 Å². The van der Waals surface area contributed by atoms with Crippen LogP contribution in [0.5, 0.6) is 5.75 Å². The van der Waals surface area contributed by atoms with Crippen molar-refractivity contribution in [3.63, 3.8) is 0 Å². The summed E-state index contributed by atoms with van der Waals surface area (Å²) in [6.07, 6.45) is 4.33. The van der Waals surface area contributed by atoms with Crippen molar-refractivity contribution >= 4 is 10.0 Å². The Balaban J connectivity index is 1.46. The Morgan fingerprint density at radius 3 is 2.38 bits per heavy atom. The lowest BCUT2D eigenvalue weighted by molar-refractivity contribution is 0.0214. The summed E-state index contributed by atoms with van der Waals surface area (Å²) in [7, 11) is -3.46. The van der Waals surface area contributed by atoms with E-state index in [-0.39, 0.29) is 0 Å². The Kier molecular flexibility index (Phi) is 6.92. The van der Waals surface area contributed by atoms with Gasteiger partial charge >= 0.3 is 0 Å². The monoisotopic (exact) mass is 382 g/mol. The third-order valence-electron chi connectivity index (χ3n) is 5.36. The molecule has 0 atom stereocenters. The molecular weight excluding hydrogens is 352 g/mol. The van der Waals surface area contributed by atoms with Gasteiger partial charge < -0.3 is 14.4 Å². The number of piperidine rings is 1. The van der Waals surface area contributed by atoms with Crippen molar-refractivity contribution in [1.29, 1.82) is 0 Å². The van der Waals surface area contributed by atoms with E-state index in [1.165, 1.54) is 0 Å². The standard InChI is InChI=1S/C19H30N2O4S/c1-2-25-18-3-5-19(6-4-18)26(22,23)20-15-16-7-11-21(12-8-16)17-9-13-24-14-10-17/h3-6,16-17,20H,2,7-15H2,1H3. The summed E-state index contributed by atoms with van der Waals surface area (Å²) >= 11 is 0. The lowest BCUT2D eigenvalue weighted by atomic mass is 9.94. The predicted molar refractivity (Wildman–Crippen MR) is 101 cm³/mol. The molecule has 7 heteroatoms. The van der Waals surface area contributed by atoms with Gasteiger partial charge in [0, 0.05) is 25.8 Å². The zero-order chi connectivity index (χ0) is 18.4. The summed E-state index contributed by atoms with van der Waals surface area (Å²) < 4.78 is 38.5. The Hall–Kier alpha value is -1.15. The molecule has 0 spiro atoms. The number of nitrogens with zero attached hydrogens (tertiary/aromatic N) is 1. The predicted octanol–water partition coefficient (Wildman–Crippen LogP) is 2.25. The minimum absolute atomic E-state index is 0.292. The molecule has 1 N–H and O–H groups in total. The van der Waals surface area contributed by atoms with Gasteiger partial charge in [-0.05, 0) is 75.9 Å². The van der Waals surface area contributed by atoms with E-state index in [2.05, 4.69) is 9.62 Å². The van der Waals surface area contributed by atoms with E-state index in [9.17, 15) is 8.42 Å². The highest BCUT2D eigenvalue weighted by atomic mass is 32.2. The van der Waals surface area contributed by atoms with Gasteiger partial charge in [-0.15, -0.1) is 0 Å². The molecule has 6 nitrogen and oxygen atoms in total. The third-order valence-corrected chi connectivity index (χ3v) is 6.80. The van der Waals surface area contributed by atoms with Crippen LogP contribution in [0.15, 0.2) is 29.2 Å². The molecule has 2 fully saturated rings. The second-order valence-electron chi connectivity index (χ2n) is 7.08. The summed E-state index contributed by atoms with van der Waals surface area (Å²) in [4.78, 5) is 2.85. The van der Waals surface area contributed by atoms with Crippen molar-refractivity contribution in [2.24, 2.45) is 5.92 Å². The summed E-state index contributed by atoms with van der Waals surface area (Å²) in [6, 6.07) is 7.24. The minimum atomic E-state index is -3.46. The molecular formula is C19H30N2O4S. The number of nitrogens with one attached hydrogen (secondary N) is 1. The second-order valence-corrected chi connectivity index (χ2v) is 8.85. The summed E-state index contributed by atoms with van der Waals surface area (Å²) in [5.41, 5.74) is 0. The van der Waals surface area contributed by atoms with E-state index in [0.717, 1.165) is 52.0 Å². The molecule has 1 aromatic rings. The fourth-order valence-corrected chi connectivity index (χ4v) is 4.88. The molecule has 0 amide bonds. The first kappa shape index (κ1) is 19.6. The van der Waals surface area contributed by atoms with E-state index in [1.807, 2.05) is 6.92 Å². The summed E-state index contributed by atoms with van der Waals surface area (Å²) in [6.45, 7) is 6.83. The SMILES string of the molecule is CCOc1ccc(S(=O)(=O)NCC2CCN(C3CCOCC3)CC2)cc1. The van der Waals surface area contributed by atoms with Crippen LogP contribution in [0.2, 0.25) is 0 Å². The van der Waals surface area contributed by atoms with Crippen LogP contribution in [-0.2, 0) is 14.8 Å². The number of hydrogen-bond acceptors (Lipinski definition) is 5. The van der Waals surface area contributed by atoms with E-state index in [1.54, 1.807) is 24.3 Å². The Morgan fingerprint density at radius 2 is 1.77 bits per heavy atom. The maximum Gasteiger partial charge on any atom is 0.240 e. The topological polar surface area (TPSA) is 67.9 Å². The minimum Gasteiger partial charge on any atom is -0.494 e. The number of hydrogen-bond donors (Lipinski definition) is 1. The van der Waals surface area contributed by atoms with Crippen LogP contribution in [0, 0.1) is 5.92 Å². The van der Waals surface area contributed by atoms with Gasteiger partial charge in [0.25, 0.3) is 0 Å². The molecule has 0 aliphatic carbocycles. The molecule has 0 saturated carbocycles. The number of ether oxygens (including phenoxy) is 2. The number of sulfonamides is 1. The molecule has 0 radical (unpaired) electrons. The van der Waals surface area contributed by atoms with Gasteiger partial charge in [0.05, 0.1) is 11.5 Å². The van der Waals surface area contributed by atoms with Crippen molar-refractivity contribution in [2.45, 2.75) is 43.5 Å². The first-order valence-electron chi connectivity index (χ1n) is 9.63. The molecule has 2 aliphatic rings.